The molecule has 0 aliphatic carbocycles. The molecule has 0 amide bonds. The van der Waals surface area contributed by atoms with Crippen molar-refractivity contribution in [2.75, 3.05) is 33.5 Å². The fourth-order valence-corrected chi connectivity index (χ4v) is 17.7. The minimum atomic E-state index is -6.54. The number of methoxy groups -OCH3 is 1. The van der Waals surface area contributed by atoms with E-state index in [1.807, 2.05) is 0 Å². The fraction of sp³-hybridized carbons (Fsp3) is 0.930. The molecular formula is C43H72N4O68S11. The molecule has 7 saturated heterocycles. The van der Waals surface area contributed by atoms with Crippen LogP contribution in [0.4, 0.5) is 0 Å². The summed E-state index contributed by atoms with van der Waals surface area (Å²) in [5.74, 6) is -7.80. The molecule has 0 radical (unpaired) electrons. The van der Waals surface area contributed by atoms with Gasteiger partial charge in [-0.3, -0.25) is 50.1 Å². The molecule has 7 aliphatic rings. The summed E-state index contributed by atoms with van der Waals surface area (Å²) in [5.41, 5.74) is 0. The van der Waals surface area contributed by atoms with Crippen molar-refractivity contribution < 1.29 is 309 Å². The summed E-state index contributed by atoms with van der Waals surface area (Å²) < 4.78 is 486. The van der Waals surface area contributed by atoms with Crippen molar-refractivity contribution in [3.05, 3.63) is 0 Å². The monoisotopic (exact) mass is 2080 g/mol. The average molecular weight is 2090 g/mol. The highest BCUT2D eigenvalue weighted by molar-refractivity contribution is 7.85. The summed E-state index contributed by atoms with van der Waals surface area (Å²) in [4.78, 5) is 39.5. The number of hydrogen-bond acceptors (Lipinski definition) is 54. The van der Waals surface area contributed by atoms with Crippen LogP contribution in [0.1, 0.15) is 0 Å². The number of aliphatic hydroxyl groups is 8. The number of carboxylic acids is 3. The molecule has 7 rings (SSSR count). The van der Waals surface area contributed by atoms with E-state index in [1.165, 1.54) is 9.44 Å². The normalized spacial score (nSPS) is 39.0. The van der Waals surface area contributed by atoms with E-state index in [0.29, 0.717) is 7.11 Å². The lowest BCUT2D eigenvalue weighted by Crippen LogP contribution is -2.71. The summed E-state index contributed by atoms with van der Waals surface area (Å²) in [6, 6.07) is -11.8. The maximum Gasteiger partial charge on any atom is 0.397 e. The largest absolute Gasteiger partial charge is 0.479 e. The second-order valence-electron chi connectivity index (χ2n) is 26.0. The number of aliphatic carboxylic acids is 3. The molecule has 0 bridgehead atoms. The minimum absolute atomic E-state index is 0.695. The first kappa shape index (κ1) is 109. The van der Waals surface area contributed by atoms with Crippen molar-refractivity contribution in [3.63, 3.8) is 0 Å². The second kappa shape index (κ2) is 41.5. The quantitative estimate of drug-likeness (QED) is 0.0252. The van der Waals surface area contributed by atoms with Crippen molar-refractivity contribution in [3.8, 4) is 0 Å². The number of carbonyl (C=O) groups is 3. The standard InChI is InChI=1S/C43H72N4O68S11/c1-95-37-11(45-117(65,66)67)16(50)22(7(101-37)3-97-121(77,78)79)104-42-29(114-125(89,90)91)20(54)27(32(111-42)35(58)59)108-39-12(46-118(68,69)70)17(51)23(8(102-39)4-98-122(80,81)82)105-43-30(115-126(92,93)94)21(55)28(33(112-43)36(60)61)109-40-13(47-119(71,72)73)25(113-124(86,87)88)24(9(103-40)5-99-123(83,84)85)106-41-19(53)18(52)26(31(110-41)34(56)57)107-38-10(44-116(62,63)64)15(49)14(48)6(100-38)2-96-120(74,75)76/h6-33,37-55H,2-5H2,1H3,(H,56,57)(H,58,59)(H,60,61)(H,62,63,64)(H,65,66,67)(H,68,69,70)(H,71,72,73)(H,74,75,76)(H,77,78,79)(H,80,81,82)(H,83,84,85)(H,86,87,88)(H,89,90,91)(H,92,93,94)/t6-,7-,8-,9-,10-,11-,12-,13-,14-,15-,16-,17-,18-,19-,20+,21+,22-,23-,24-,25-,26+,27+,28+,29-,30-,31+,32-,33-,37+,38-,39-,40-,41-,42-,43-/m1/s1. The highest BCUT2D eigenvalue weighted by atomic mass is 32.3. The molecule has 26 N–H and O–H groups in total. The Morgan fingerprint density at radius 1 is 0.254 bits per heavy atom. The number of rotatable bonds is 42. The molecule has 738 valence electrons. The lowest BCUT2D eigenvalue weighted by molar-refractivity contribution is -0.377. The van der Waals surface area contributed by atoms with Crippen LogP contribution in [0, 0.1) is 0 Å². The van der Waals surface area contributed by atoms with Crippen molar-refractivity contribution in [2.45, 2.75) is 215 Å². The van der Waals surface area contributed by atoms with Gasteiger partial charge in [0.25, 0.3) is 0 Å². The molecule has 83 heteroatoms. The average Bonchev–Trinajstić information content (AvgIpc) is 0.749. The molecule has 0 aromatic heterocycles. The van der Waals surface area contributed by atoms with Gasteiger partial charge in [-0.1, -0.05) is 0 Å². The molecule has 126 heavy (non-hydrogen) atoms. The van der Waals surface area contributed by atoms with E-state index in [-0.39, 0.29) is 0 Å². The van der Waals surface area contributed by atoms with Gasteiger partial charge < -0.3 is 122 Å². The fourth-order valence-electron chi connectivity index (χ4n) is 12.6. The first-order valence-corrected chi connectivity index (χ1v) is 47.9. The van der Waals surface area contributed by atoms with E-state index < -0.39 is 373 Å². The number of nitrogens with one attached hydrogen (secondary N) is 4. The summed E-state index contributed by atoms with van der Waals surface area (Å²) in [6.45, 7) is -7.45. The van der Waals surface area contributed by atoms with Crippen LogP contribution in [0.2, 0.25) is 0 Å². The maximum absolute atomic E-state index is 13.4. The van der Waals surface area contributed by atoms with Crippen LogP contribution in [-0.4, -0.2) is 465 Å². The van der Waals surface area contributed by atoms with Crippen LogP contribution in [0.15, 0.2) is 0 Å². The summed E-state index contributed by atoms with van der Waals surface area (Å²) >= 11 is 0. The number of hydrogen-bond donors (Lipinski definition) is 26. The zero-order chi connectivity index (χ0) is 95.9. The van der Waals surface area contributed by atoms with Gasteiger partial charge in [-0.05, 0) is 0 Å². The summed E-state index contributed by atoms with van der Waals surface area (Å²) in [5, 5.41) is 124. The molecule has 35 atom stereocenters. The molecule has 0 spiro atoms. The van der Waals surface area contributed by atoms with Gasteiger partial charge in [0.15, 0.2) is 74.6 Å². The van der Waals surface area contributed by atoms with Gasteiger partial charge in [0.05, 0.1) is 26.4 Å². The Bertz CT molecular complexity index is 5150. The Hall–Kier alpha value is -3.90. The van der Waals surface area contributed by atoms with Gasteiger partial charge in [0.2, 0.25) is 0 Å². The van der Waals surface area contributed by atoms with Gasteiger partial charge in [0.1, 0.15) is 140 Å². The zero-order valence-electron chi connectivity index (χ0n) is 60.6. The highest BCUT2D eigenvalue weighted by Gasteiger charge is 2.64. The summed E-state index contributed by atoms with van der Waals surface area (Å²) in [6.07, 6.45) is -96.5. The SMILES string of the molecule is CO[C@H]1O[C@H](COS(=O)(=O)O)[C@@H](O[C@@H]2O[C@@H](C(=O)O)[C@@H](O[C@H]3O[C@H](COS(=O)(=O)O)[C@@H](O[C@@H]4O[C@@H](C(=O)O)[C@@H](O[C@H]5O[C@H](COS(=O)(=O)O)[C@@H](O[C@@H]6O[C@H](C(=O)O)[C@@H](O[C@H]7O[C@H](COS(=O)(=O)O)[C@@H](O)[C@H](O)[C@H]7NS(=O)(=O)O)[C@H](O)[C@H]6O)[C@H](OS(=O)(=O)O)[C@H]5NS(=O)(=O)O)[C@H](O)[C@H]4OS(=O)(=O)O)[C@H](O)[C@H]3NS(=O)(=O)O)[C@H](O)[C@H]2OS(=O)(=O)O)[C@H](O)[C@H]1NS(=O)(=O)O. The van der Waals surface area contributed by atoms with Crippen LogP contribution < -0.4 is 18.9 Å². The lowest BCUT2D eigenvalue weighted by Gasteiger charge is -2.51. The summed E-state index contributed by atoms with van der Waals surface area (Å²) in [7, 11) is -65.6. The third kappa shape index (κ3) is 31.4. The molecule has 7 heterocycles. The minimum Gasteiger partial charge on any atom is -0.479 e. The van der Waals surface area contributed by atoms with Crippen LogP contribution in [0.3, 0.4) is 0 Å². The maximum atomic E-state index is 13.4. The third-order valence-corrected chi connectivity index (χ3v) is 22.8. The highest BCUT2D eigenvalue weighted by Crippen LogP contribution is 2.41. The van der Waals surface area contributed by atoms with Crippen molar-refractivity contribution in [1.29, 1.82) is 0 Å². The first-order chi connectivity index (χ1) is 57.0. The van der Waals surface area contributed by atoms with E-state index in [0.717, 1.165) is 9.44 Å². The third-order valence-electron chi connectivity index (χ3n) is 17.4. The molecule has 7 aliphatic heterocycles. The Morgan fingerprint density at radius 3 is 0.825 bits per heavy atom. The Morgan fingerprint density at radius 2 is 0.508 bits per heavy atom. The van der Waals surface area contributed by atoms with E-state index in [4.69, 9.17) is 70.9 Å². The van der Waals surface area contributed by atoms with Crippen LogP contribution in [0.5, 0.6) is 0 Å². The molecule has 0 aromatic carbocycles. The Kier molecular flexibility index (Phi) is 36.0. The van der Waals surface area contributed by atoms with Gasteiger partial charge in [-0.2, -0.15) is 111 Å². The Labute approximate surface area is 704 Å². The molecule has 0 unspecified atom stereocenters. The molecule has 0 aromatic rings. The second-order valence-corrected chi connectivity index (χ2v) is 38.3. The predicted octanol–water partition coefficient (Wildman–Crippen LogP) is -19.0. The van der Waals surface area contributed by atoms with Gasteiger partial charge in [0, 0.05) is 7.11 Å². The molecule has 7 fully saturated rings. The predicted molar refractivity (Wildman–Crippen MR) is 361 cm³/mol. The van der Waals surface area contributed by atoms with Gasteiger partial charge in [-0.25, -0.2) is 43.7 Å². The van der Waals surface area contributed by atoms with Gasteiger partial charge >= 0.3 is 132 Å². The van der Waals surface area contributed by atoms with Crippen molar-refractivity contribution >= 4 is 132 Å². The van der Waals surface area contributed by atoms with E-state index in [2.05, 4.69) is 29.3 Å². The Balaban J connectivity index is 1.28. The van der Waals surface area contributed by atoms with Crippen LogP contribution >= 0.6 is 0 Å². The van der Waals surface area contributed by atoms with E-state index in [9.17, 15) is 209 Å². The van der Waals surface area contributed by atoms with Crippen molar-refractivity contribution in [2.24, 2.45) is 0 Å². The van der Waals surface area contributed by atoms with Gasteiger partial charge in [-0.15, -0.1) is 0 Å². The number of aliphatic hydroxyl groups excluding tert-OH is 8. The molecule has 0 saturated carbocycles. The topological polar surface area (TPSA) is 1110 Å². The lowest BCUT2D eigenvalue weighted by atomic mass is 9.94. The van der Waals surface area contributed by atoms with Crippen LogP contribution in [0.25, 0.3) is 0 Å². The number of ether oxygens (including phenoxy) is 14. The smallest absolute Gasteiger partial charge is 0.397 e. The molecular weight excluding hydrogens is 2010 g/mol. The van der Waals surface area contributed by atoms with Crippen LogP contribution in [-0.2, 0) is 224 Å². The molecule has 72 nitrogen and oxygen atoms in total. The first-order valence-electron chi connectivity index (χ1n) is 32.6. The van der Waals surface area contributed by atoms with Crippen molar-refractivity contribution in [1.82, 2.24) is 18.9 Å². The number of carboxylic acid groups (broad SMARTS) is 3. The zero-order valence-corrected chi connectivity index (χ0v) is 69.6. The van der Waals surface area contributed by atoms with E-state index >= 15 is 0 Å². The van der Waals surface area contributed by atoms with E-state index in [1.54, 1.807) is 0 Å².